The second kappa shape index (κ2) is 2.59. The Morgan fingerprint density at radius 3 is 2.92 bits per heavy atom. The maximum Gasteiger partial charge on any atom is 0.00803 e. The first-order chi connectivity index (χ1) is 5.58. The lowest BCUT2D eigenvalue weighted by atomic mass is 9.76. The van der Waals surface area contributed by atoms with Crippen LogP contribution in [-0.4, -0.2) is 0 Å². The standard InChI is InChI=1S/C11H16S/c1-8-7-12-10-4-5-11(2,3)6-9(8)10/h7H,4-6H2,1-3H3. The molecule has 0 fully saturated rings. The molecule has 0 N–H and O–H groups in total. The van der Waals surface area contributed by atoms with Crippen LogP contribution in [0.1, 0.15) is 36.3 Å². The molecule has 0 nitrogen and oxygen atoms in total. The number of thiophene rings is 1. The van der Waals surface area contributed by atoms with Crippen molar-refractivity contribution >= 4 is 11.3 Å². The third-order valence-electron chi connectivity index (χ3n) is 2.87. The summed E-state index contributed by atoms with van der Waals surface area (Å²) in [6, 6.07) is 0. The van der Waals surface area contributed by atoms with E-state index < -0.39 is 0 Å². The van der Waals surface area contributed by atoms with Gasteiger partial charge in [-0.05, 0) is 48.1 Å². The predicted octanol–water partition coefficient (Wildman–Crippen LogP) is 3.57. The predicted molar refractivity (Wildman–Crippen MR) is 54.9 cm³/mol. The zero-order valence-electron chi connectivity index (χ0n) is 8.11. The fraction of sp³-hybridized carbons (Fsp3) is 0.636. The van der Waals surface area contributed by atoms with E-state index in [1.54, 1.807) is 10.4 Å². The van der Waals surface area contributed by atoms with Crippen molar-refractivity contribution in [3.8, 4) is 0 Å². The smallest absolute Gasteiger partial charge is 0.00803 e. The molecular weight excluding hydrogens is 164 g/mol. The van der Waals surface area contributed by atoms with Crippen LogP contribution in [0.5, 0.6) is 0 Å². The van der Waals surface area contributed by atoms with E-state index in [0.29, 0.717) is 5.41 Å². The van der Waals surface area contributed by atoms with Crippen molar-refractivity contribution in [2.24, 2.45) is 5.41 Å². The highest BCUT2D eigenvalue weighted by Crippen LogP contribution is 2.38. The molecule has 1 heteroatoms. The molecule has 1 heterocycles. The highest BCUT2D eigenvalue weighted by atomic mass is 32.1. The third-order valence-corrected chi connectivity index (χ3v) is 4.08. The van der Waals surface area contributed by atoms with Crippen LogP contribution >= 0.6 is 11.3 Å². The van der Waals surface area contributed by atoms with E-state index in [2.05, 4.69) is 26.2 Å². The molecule has 0 unspecified atom stereocenters. The number of aryl methyl sites for hydroxylation is 2. The summed E-state index contributed by atoms with van der Waals surface area (Å²) in [5, 5.41) is 2.31. The Morgan fingerprint density at radius 2 is 2.17 bits per heavy atom. The van der Waals surface area contributed by atoms with Crippen LogP contribution < -0.4 is 0 Å². The van der Waals surface area contributed by atoms with E-state index in [1.807, 2.05) is 11.3 Å². The average molecular weight is 180 g/mol. The zero-order valence-corrected chi connectivity index (χ0v) is 8.92. The zero-order chi connectivity index (χ0) is 8.77. The molecule has 12 heavy (non-hydrogen) atoms. The van der Waals surface area contributed by atoms with E-state index in [1.165, 1.54) is 24.8 Å². The van der Waals surface area contributed by atoms with Gasteiger partial charge in [0.15, 0.2) is 0 Å². The van der Waals surface area contributed by atoms with E-state index in [0.717, 1.165) is 0 Å². The van der Waals surface area contributed by atoms with Crippen LogP contribution in [0, 0.1) is 12.3 Å². The molecule has 66 valence electrons. The summed E-state index contributed by atoms with van der Waals surface area (Å²) in [5.41, 5.74) is 3.71. The molecule has 1 aromatic rings. The summed E-state index contributed by atoms with van der Waals surface area (Å²) >= 11 is 1.95. The van der Waals surface area contributed by atoms with Gasteiger partial charge in [-0.1, -0.05) is 13.8 Å². The maximum absolute atomic E-state index is 2.38. The Morgan fingerprint density at radius 1 is 1.42 bits per heavy atom. The minimum atomic E-state index is 0.541. The number of hydrogen-bond donors (Lipinski definition) is 0. The largest absolute Gasteiger partial charge is 0.148 e. The van der Waals surface area contributed by atoms with E-state index >= 15 is 0 Å². The lowest BCUT2D eigenvalue weighted by Gasteiger charge is -2.29. The monoisotopic (exact) mass is 180 g/mol. The van der Waals surface area contributed by atoms with Gasteiger partial charge in [0, 0.05) is 4.88 Å². The van der Waals surface area contributed by atoms with Gasteiger partial charge in [0.2, 0.25) is 0 Å². The molecule has 0 saturated carbocycles. The van der Waals surface area contributed by atoms with Crippen molar-refractivity contribution in [1.82, 2.24) is 0 Å². The fourth-order valence-corrected chi connectivity index (χ4v) is 3.04. The molecule has 0 bridgehead atoms. The molecule has 1 aliphatic rings. The summed E-state index contributed by atoms with van der Waals surface area (Å²) in [5.74, 6) is 0. The van der Waals surface area contributed by atoms with E-state index in [-0.39, 0.29) is 0 Å². The van der Waals surface area contributed by atoms with Gasteiger partial charge in [-0.3, -0.25) is 0 Å². The van der Waals surface area contributed by atoms with Crippen LogP contribution in [-0.2, 0) is 12.8 Å². The summed E-state index contributed by atoms with van der Waals surface area (Å²) in [6.07, 6.45) is 3.96. The quantitative estimate of drug-likeness (QED) is 0.572. The lowest BCUT2D eigenvalue weighted by molar-refractivity contribution is 0.317. The van der Waals surface area contributed by atoms with Crippen LogP contribution in [0.25, 0.3) is 0 Å². The molecule has 1 aromatic heterocycles. The molecule has 0 saturated heterocycles. The minimum absolute atomic E-state index is 0.541. The highest BCUT2D eigenvalue weighted by molar-refractivity contribution is 7.10. The molecule has 0 atom stereocenters. The van der Waals surface area contributed by atoms with Gasteiger partial charge in [-0.2, -0.15) is 0 Å². The Kier molecular flexibility index (Phi) is 1.80. The first-order valence-corrected chi connectivity index (χ1v) is 5.52. The molecule has 0 aromatic carbocycles. The topological polar surface area (TPSA) is 0 Å². The van der Waals surface area contributed by atoms with Gasteiger partial charge in [0.25, 0.3) is 0 Å². The number of rotatable bonds is 0. The van der Waals surface area contributed by atoms with Crippen LogP contribution in [0.15, 0.2) is 5.38 Å². The van der Waals surface area contributed by atoms with Gasteiger partial charge < -0.3 is 0 Å². The SMILES string of the molecule is Cc1csc2c1CC(C)(C)CC2. The Balaban J connectivity index is 2.38. The molecule has 2 rings (SSSR count). The lowest BCUT2D eigenvalue weighted by Crippen LogP contribution is -2.21. The normalized spacial score (nSPS) is 20.6. The van der Waals surface area contributed by atoms with Crippen molar-refractivity contribution in [2.45, 2.75) is 40.0 Å². The second-order valence-electron chi connectivity index (χ2n) is 4.66. The van der Waals surface area contributed by atoms with E-state index in [4.69, 9.17) is 0 Å². The van der Waals surface area contributed by atoms with Gasteiger partial charge >= 0.3 is 0 Å². The fourth-order valence-electron chi connectivity index (χ4n) is 1.99. The molecular formula is C11H16S. The third kappa shape index (κ3) is 1.31. The molecule has 0 radical (unpaired) electrons. The van der Waals surface area contributed by atoms with Crippen molar-refractivity contribution in [3.63, 3.8) is 0 Å². The summed E-state index contributed by atoms with van der Waals surface area (Å²) in [7, 11) is 0. The van der Waals surface area contributed by atoms with Gasteiger partial charge in [-0.25, -0.2) is 0 Å². The van der Waals surface area contributed by atoms with Gasteiger partial charge in [0.05, 0.1) is 0 Å². The maximum atomic E-state index is 2.38. The van der Waals surface area contributed by atoms with Crippen LogP contribution in [0.3, 0.4) is 0 Å². The van der Waals surface area contributed by atoms with Crippen LogP contribution in [0.2, 0.25) is 0 Å². The Hall–Kier alpha value is -0.300. The summed E-state index contributed by atoms with van der Waals surface area (Å²) < 4.78 is 0. The summed E-state index contributed by atoms with van der Waals surface area (Å²) in [6.45, 7) is 7.01. The van der Waals surface area contributed by atoms with E-state index in [9.17, 15) is 0 Å². The Labute approximate surface area is 78.6 Å². The first kappa shape index (κ1) is 8.31. The number of fused-ring (bicyclic) bond motifs is 1. The molecule has 1 aliphatic carbocycles. The summed E-state index contributed by atoms with van der Waals surface area (Å²) in [4.78, 5) is 1.65. The second-order valence-corrected chi connectivity index (χ2v) is 5.63. The minimum Gasteiger partial charge on any atom is -0.148 e. The van der Waals surface area contributed by atoms with Gasteiger partial charge in [0.1, 0.15) is 0 Å². The Bertz CT molecular complexity index is 294. The van der Waals surface area contributed by atoms with Gasteiger partial charge in [-0.15, -0.1) is 11.3 Å². The number of hydrogen-bond acceptors (Lipinski definition) is 1. The molecule has 0 amide bonds. The average Bonchev–Trinajstić information content (AvgIpc) is 2.31. The van der Waals surface area contributed by atoms with Crippen molar-refractivity contribution in [1.29, 1.82) is 0 Å². The molecule has 0 aliphatic heterocycles. The molecule has 0 spiro atoms. The van der Waals surface area contributed by atoms with Crippen molar-refractivity contribution in [2.75, 3.05) is 0 Å². The highest BCUT2D eigenvalue weighted by Gasteiger charge is 2.26. The van der Waals surface area contributed by atoms with Crippen molar-refractivity contribution in [3.05, 3.63) is 21.4 Å². The van der Waals surface area contributed by atoms with Crippen molar-refractivity contribution < 1.29 is 0 Å². The first-order valence-electron chi connectivity index (χ1n) is 4.64. The van der Waals surface area contributed by atoms with Crippen LogP contribution in [0.4, 0.5) is 0 Å².